The third-order valence-electron chi connectivity index (χ3n) is 5.34. The molecule has 3 atom stereocenters. The average molecular weight is 365 g/mol. The molecule has 132 valence electrons. The van der Waals surface area contributed by atoms with E-state index in [2.05, 4.69) is 15.0 Å². The fourth-order valence-corrected chi connectivity index (χ4v) is 4.73. The lowest BCUT2D eigenvalue weighted by molar-refractivity contribution is 0.0903. The minimum absolute atomic E-state index is 0.133. The van der Waals surface area contributed by atoms with Crippen molar-refractivity contribution in [2.75, 3.05) is 0 Å². The van der Waals surface area contributed by atoms with Gasteiger partial charge in [-0.15, -0.1) is 0 Å². The van der Waals surface area contributed by atoms with Gasteiger partial charge in [0.25, 0.3) is 5.91 Å². The zero-order chi connectivity index (χ0) is 17.5. The summed E-state index contributed by atoms with van der Waals surface area (Å²) in [6.07, 6.45) is 5.16. The summed E-state index contributed by atoms with van der Waals surface area (Å²) in [4.78, 5) is 13.7. The van der Waals surface area contributed by atoms with Crippen molar-refractivity contribution in [3.8, 4) is 21.8 Å². The number of fused-ring (bicyclic) bond motifs is 2. The van der Waals surface area contributed by atoms with E-state index in [0.29, 0.717) is 23.6 Å². The van der Waals surface area contributed by atoms with Gasteiger partial charge < -0.3 is 15.1 Å². The molecule has 2 aliphatic heterocycles. The molecule has 2 fully saturated rings. The predicted octanol–water partition coefficient (Wildman–Crippen LogP) is 3.69. The van der Waals surface area contributed by atoms with Gasteiger partial charge in [0.05, 0.1) is 4.88 Å². The highest BCUT2D eigenvalue weighted by molar-refractivity contribution is 7.09. The number of carbonyl (C=O) groups is 1. The topological polar surface area (TPSA) is 67.2 Å². The summed E-state index contributed by atoms with van der Waals surface area (Å²) in [5.74, 6) is 0.929. The van der Waals surface area contributed by atoms with E-state index >= 15 is 0 Å². The normalized spacial score (nSPS) is 24.1. The van der Waals surface area contributed by atoms with E-state index in [1.165, 1.54) is 18.0 Å². The van der Waals surface area contributed by atoms with Crippen LogP contribution in [0.4, 0.5) is 0 Å². The number of amides is 1. The number of benzene rings is 1. The van der Waals surface area contributed by atoms with Crippen molar-refractivity contribution in [1.29, 1.82) is 0 Å². The van der Waals surface area contributed by atoms with Gasteiger partial charge in [0.2, 0.25) is 0 Å². The van der Waals surface area contributed by atoms with E-state index in [1.54, 1.807) is 12.3 Å². The lowest BCUT2D eigenvalue weighted by Crippen LogP contribution is -2.42. The summed E-state index contributed by atoms with van der Waals surface area (Å²) in [5.41, 5.74) is 2.03. The predicted molar refractivity (Wildman–Crippen MR) is 101 cm³/mol. The maximum atomic E-state index is 12.6. The van der Waals surface area contributed by atoms with E-state index in [4.69, 9.17) is 4.42 Å². The Labute approximate surface area is 155 Å². The number of hydrogen-bond acceptors (Lipinski definition) is 5. The number of furan rings is 1. The van der Waals surface area contributed by atoms with Gasteiger partial charge in [0, 0.05) is 35.4 Å². The molecule has 1 aromatic carbocycles. The van der Waals surface area contributed by atoms with Crippen molar-refractivity contribution >= 4 is 17.4 Å². The van der Waals surface area contributed by atoms with E-state index in [9.17, 15) is 4.79 Å². The second kappa shape index (κ2) is 6.37. The monoisotopic (exact) mass is 365 g/mol. The fourth-order valence-electron chi connectivity index (χ4n) is 4.10. The molecule has 2 N–H and O–H groups in total. The molecular weight excluding hydrogens is 346 g/mol. The first-order chi connectivity index (χ1) is 12.8. The molecule has 0 saturated carbocycles. The van der Waals surface area contributed by atoms with Crippen molar-refractivity contribution in [2.45, 2.75) is 37.4 Å². The smallest absolute Gasteiger partial charge is 0.287 e. The first-order valence-electron chi connectivity index (χ1n) is 8.95. The number of nitrogens with one attached hydrogen (secondary N) is 2. The van der Waals surface area contributed by atoms with Crippen LogP contribution in [0.3, 0.4) is 0 Å². The van der Waals surface area contributed by atoms with Crippen LogP contribution in [0.5, 0.6) is 0 Å². The fraction of sp³-hybridized carbons (Fsp3) is 0.300. The van der Waals surface area contributed by atoms with Gasteiger partial charge in [-0.05, 0) is 49.0 Å². The number of nitrogens with zero attached hydrogens (tertiary/aromatic N) is 1. The van der Waals surface area contributed by atoms with Gasteiger partial charge in [0.1, 0.15) is 5.76 Å². The Morgan fingerprint density at radius 3 is 2.77 bits per heavy atom. The molecule has 1 amide bonds. The Morgan fingerprint density at radius 1 is 1.15 bits per heavy atom. The lowest BCUT2D eigenvalue weighted by atomic mass is 9.95. The average Bonchev–Trinajstić information content (AvgIpc) is 3.46. The summed E-state index contributed by atoms with van der Waals surface area (Å²) in [7, 11) is 0. The molecule has 2 aromatic heterocycles. The molecule has 5 rings (SSSR count). The van der Waals surface area contributed by atoms with E-state index in [1.807, 2.05) is 36.4 Å². The highest BCUT2D eigenvalue weighted by atomic mass is 32.1. The molecule has 2 bridgehead atoms. The molecule has 2 aliphatic rings. The molecule has 2 saturated heterocycles. The zero-order valence-electron chi connectivity index (χ0n) is 14.1. The zero-order valence-corrected chi connectivity index (χ0v) is 15.0. The minimum atomic E-state index is -0.133. The van der Waals surface area contributed by atoms with Crippen LogP contribution in [0.2, 0.25) is 0 Å². The van der Waals surface area contributed by atoms with Crippen LogP contribution in [0, 0.1) is 0 Å². The standard InChI is InChI=1S/C20H19N3O2S/c24-20(23-16-11-12-5-6-15(16)22-12)18-8-7-17(25-18)13-3-1-2-4-14(13)19-9-10-21-26-19/h1-4,7-10,12,15-16,22H,5-6,11H2,(H,23,24)/t12-,15+,16?/m1/s1. The van der Waals surface area contributed by atoms with Crippen molar-refractivity contribution < 1.29 is 9.21 Å². The van der Waals surface area contributed by atoms with Gasteiger partial charge in [-0.25, -0.2) is 4.37 Å². The Morgan fingerprint density at radius 2 is 2.04 bits per heavy atom. The van der Waals surface area contributed by atoms with Crippen LogP contribution in [0.1, 0.15) is 29.8 Å². The van der Waals surface area contributed by atoms with Crippen LogP contribution in [0.15, 0.2) is 53.1 Å². The summed E-state index contributed by atoms with van der Waals surface area (Å²) in [6.45, 7) is 0. The molecule has 4 heterocycles. The van der Waals surface area contributed by atoms with Crippen molar-refractivity contribution in [3.05, 3.63) is 54.4 Å². The first-order valence-corrected chi connectivity index (χ1v) is 9.72. The molecule has 5 nitrogen and oxygen atoms in total. The third-order valence-corrected chi connectivity index (χ3v) is 6.12. The maximum absolute atomic E-state index is 12.6. The molecule has 0 radical (unpaired) electrons. The highest BCUT2D eigenvalue weighted by Crippen LogP contribution is 2.35. The quantitative estimate of drug-likeness (QED) is 0.740. The van der Waals surface area contributed by atoms with Gasteiger partial charge >= 0.3 is 0 Å². The molecule has 0 aliphatic carbocycles. The maximum Gasteiger partial charge on any atom is 0.287 e. The molecule has 0 spiro atoms. The number of carbonyl (C=O) groups excluding carboxylic acids is 1. The summed E-state index contributed by atoms with van der Waals surface area (Å²) < 4.78 is 10.1. The molecule has 26 heavy (non-hydrogen) atoms. The van der Waals surface area contributed by atoms with Gasteiger partial charge in [0.15, 0.2) is 5.76 Å². The Balaban J connectivity index is 1.38. The second-order valence-electron chi connectivity index (χ2n) is 6.95. The highest BCUT2D eigenvalue weighted by Gasteiger charge is 2.40. The molecular formula is C20H19N3O2S. The minimum Gasteiger partial charge on any atom is -0.451 e. The van der Waals surface area contributed by atoms with E-state index in [0.717, 1.165) is 28.8 Å². The van der Waals surface area contributed by atoms with Crippen molar-refractivity contribution in [3.63, 3.8) is 0 Å². The molecule has 1 unspecified atom stereocenters. The van der Waals surface area contributed by atoms with Crippen LogP contribution in [-0.4, -0.2) is 28.4 Å². The Kier molecular flexibility index (Phi) is 3.87. The van der Waals surface area contributed by atoms with Crippen molar-refractivity contribution in [2.24, 2.45) is 0 Å². The van der Waals surface area contributed by atoms with Crippen LogP contribution < -0.4 is 10.6 Å². The van der Waals surface area contributed by atoms with Gasteiger partial charge in [-0.2, -0.15) is 0 Å². The molecule has 6 heteroatoms. The van der Waals surface area contributed by atoms with Gasteiger partial charge in [-0.3, -0.25) is 4.79 Å². The lowest BCUT2D eigenvalue weighted by Gasteiger charge is -2.20. The number of rotatable bonds is 4. The van der Waals surface area contributed by atoms with E-state index < -0.39 is 0 Å². The summed E-state index contributed by atoms with van der Waals surface area (Å²) in [6, 6.07) is 14.8. The van der Waals surface area contributed by atoms with Crippen LogP contribution in [-0.2, 0) is 0 Å². The first kappa shape index (κ1) is 15.8. The Bertz CT molecular complexity index is 934. The van der Waals surface area contributed by atoms with Crippen molar-refractivity contribution in [1.82, 2.24) is 15.0 Å². The van der Waals surface area contributed by atoms with Gasteiger partial charge in [-0.1, -0.05) is 24.3 Å². The third kappa shape index (κ3) is 2.75. The summed E-state index contributed by atoms with van der Waals surface area (Å²) >= 11 is 1.45. The van der Waals surface area contributed by atoms with Crippen LogP contribution in [0.25, 0.3) is 21.8 Å². The van der Waals surface area contributed by atoms with E-state index in [-0.39, 0.29) is 11.9 Å². The number of hydrogen-bond donors (Lipinski definition) is 2. The number of aromatic nitrogens is 1. The SMILES string of the molecule is O=C(NC1C[C@H]2CC[C@@H]1N2)c1ccc(-c2ccccc2-c2ccns2)o1. The summed E-state index contributed by atoms with van der Waals surface area (Å²) in [5, 5.41) is 6.67. The molecule has 3 aromatic rings. The Hall–Kier alpha value is -2.44. The second-order valence-corrected chi connectivity index (χ2v) is 7.78. The van der Waals surface area contributed by atoms with Crippen LogP contribution >= 0.6 is 11.5 Å². The largest absolute Gasteiger partial charge is 0.451 e.